The van der Waals surface area contributed by atoms with Crippen LogP contribution in [-0.2, 0) is 0 Å². The first-order valence-electron chi connectivity index (χ1n) is 5.85. The number of benzene rings is 1. The van der Waals surface area contributed by atoms with Crippen LogP contribution in [0.4, 0.5) is 14.7 Å². The van der Waals surface area contributed by atoms with Crippen LogP contribution in [0.3, 0.4) is 0 Å². The average Bonchev–Trinajstić information content (AvgIpc) is 2.40. The van der Waals surface area contributed by atoms with Gasteiger partial charge >= 0.3 is 6.01 Å². The van der Waals surface area contributed by atoms with Gasteiger partial charge in [-0.25, -0.2) is 8.78 Å². The normalized spacial score (nSPS) is 10.6. The number of ether oxygens (including phenoxy) is 1. The third-order valence-electron chi connectivity index (χ3n) is 2.14. The lowest BCUT2D eigenvalue weighted by Crippen LogP contribution is -2.05. The lowest BCUT2D eigenvalue weighted by molar-refractivity contribution is 0.288. The molecule has 2 aromatic rings. The van der Waals surface area contributed by atoms with Crippen molar-refractivity contribution in [2.24, 2.45) is 0 Å². The van der Waals surface area contributed by atoms with E-state index in [9.17, 15) is 8.78 Å². The quantitative estimate of drug-likeness (QED) is 0.914. The molecule has 2 N–H and O–H groups in total. The lowest BCUT2D eigenvalue weighted by Gasteiger charge is -2.06. The molecule has 5 nitrogen and oxygen atoms in total. The summed E-state index contributed by atoms with van der Waals surface area (Å²) in [5.74, 6) is -1.14. The van der Waals surface area contributed by atoms with Crippen molar-refractivity contribution >= 4 is 17.7 Å². The second-order valence-corrected chi connectivity index (χ2v) is 4.79. The Kier molecular flexibility index (Phi) is 4.67. The van der Waals surface area contributed by atoms with E-state index in [1.807, 2.05) is 6.92 Å². The fraction of sp³-hybridized carbons (Fsp3) is 0.250. The largest absolute Gasteiger partial charge is 0.463 e. The van der Waals surface area contributed by atoms with Crippen LogP contribution in [-0.4, -0.2) is 21.6 Å². The zero-order valence-electron chi connectivity index (χ0n) is 10.6. The van der Waals surface area contributed by atoms with Crippen LogP contribution in [0.5, 0.6) is 6.01 Å². The minimum atomic E-state index is -0.564. The number of hydrogen-bond acceptors (Lipinski definition) is 6. The smallest absolute Gasteiger partial charge is 0.322 e. The zero-order chi connectivity index (χ0) is 14.5. The summed E-state index contributed by atoms with van der Waals surface area (Å²) >= 11 is 0.853. The highest BCUT2D eigenvalue weighted by molar-refractivity contribution is 7.99. The van der Waals surface area contributed by atoms with Gasteiger partial charge in [-0.1, -0.05) is 6.92 Å². The standard InChI is InChI=1S/C12H12F2N4OS/c1-2-5-19-11-16-10(15)17-12(18-11)20-9-6-7(13)3-4-8(9)14/h3-4,6H,2,5H2,1H3,(H2,15,16,17,18). The van der Waals surface area contributed by atoms with Crippen molar-refractivity contribution in [1.29, 1.82) is 0 Å². The molecule has 1 heterocycles. The van der Waals surface area contributed by atoms with E-state index in [1.54, 1.807) is 0 Å². The molecule has 0 aliphatic carbocycles. The van der Waals surface area contributed by atoms with Gasteiger partial charge in [0.25, 0.3) is 0 Å². The highest BCUT2D eigenvalue weighted by atomic mass is 32.2. The highest BCUT2D eigenvalue weighted by Gasteiger charge is 2.11. The van der Waals surface area contributed by atoms with E-state index in [-0.39, 0.29) is 22.0 Å². The van der Waals surface area contributed by atoms with E-state index >= 15 is 0 Å². The Morgan fingerprint density at radius 2 is 2.05 bits per heavy atom. The number of hydrogen-bond donors (Lipinski definition) is 1. The molecule has 0 saturated carbocycles. The lowest BCUT2D eigenvalue weighted by atomic mass is 10.3. The summed E-state index contributed by atoms with van der Waals surface area (Å²) in [6.45, 7) is 2.37. The van der Waals surface area contributed by atoms with Gasteiger partial charge in [0.1, 0.15) is 11.6 Å². The van der Waals surface area contributed by atoms with Gasteiger partial charge in [-0.2, -0.15) is 15.0 Å². The molecule has 0 atom stereocenters. The first-order valence-corrected chi connectivity index (χ1v) is 6.67. The van der Waals surface area contributed by atoms with Gasteiger partial charge in [0.2, 0.25) is 11.1 Å². The van der Waals surface area contributed by atoms with Gasteiger partial charge in [0.15, 0.2) is 0 Å². The van der Waals surface area contributed by atoms with Gasteiger partial charge in [-0.3, -0.25) is 0 Å². The predicted octanol–water partition coefficient (Wildman–Crippen LogP) is 2.67. The fourth-order valence-electron chi connectivity index (χ4n) is 1.31. The van der Waals surface area contributed by atoms with Crippen molar-refractivity contribution in [1.82, 2.24) is 15.0 Å². The SMILES string of the molecule is CCCOc1nc(N)nc(Sc2cc(F)ccc2F)n1. The number of nitrogen functional groups attached to an aromatic ring is 1. The Morgan fingerprint density at radius 1 is 1.25 bits per heavy atom. The molecule has 0 aliphatic rings. The second kappa shape index (κ2) is 6.47. The molecule has 2 rings (SSSR count). The Labute approximate surface area is 118 Å². The first-order chi connectivity index (χ1) is 9.58. The third-order valence-corrected chi connectivity index (χ3v) is 3.04. The van der Waals surface area contributed by atoms with E-state index in [0.717, 1.165) is 36.4 Å². The maximum Gasteiger partial charge on any atom is 0.322 e. The van der Waals surface area contributed by atoms with E-state index in [2.05, 4.69) is 15.0 Å². The van der Waals surface area contributed by atoms with Gasteiger partial charge < -0.3 is 10.5 Å². The molecular weight excluding hydrogens is 286 g/mol. The molecule has 0 amide bonds. The number of aromatic nitrogens is 3. The van der Waals surface area contributed by atoms with Crippen LogP contribution < -0.4 is 10.5 Å². The molecule has 0 spiro atoms. The monoisotopic (exact) mass is 298 g/mol. The summed E-state index contributed by atoms with van der Waals surface area (Å²) in [6, 6.07) is 3.21. The third kappa shape index (κ3) is 3.77. The molecule has 0 saturated heterocycles. The molecule has 20 heavy (non-hydrogen) atoms. The number of nitrogens with zero attached hydrogens (tertiary/aromatic N) is 3. The van der Waals surface area contributed by atoms with Crippen LogP contribution in [0, 0.1) is 11.6 Å². The maximum atomic E-state index is 13.5. The van der Waals surface area contributed by atoms with Crippen molar-refractivity contribution in [2.45, 2.75) is 23.4 Å². The van der Waals surface area contributed by atoms with Crippen LogP contribution in [0.2, 0.25) is 0 Å². The van der Waals surface area contributed by atoms with Crippen LogP contribution >= 0.6 is 11.8 Å². The van der Waals surface area contributed by atoms with Gasteiger partial charge in [0.05, 0.1) is 11.5 Å². The van der Waals surface area contributed by atoms with E-state index in [4.69, 9.17) is 10.5 Å². The van der Waals surface area contributed by atoms with Crippen molar-refractivity contribution in [3.63, 3.8) is 0 Å². The zero-order valence-corrected chi connectivity index (χ0v) is 11.5. The predicted molar refractivity (Wildman–Crippen MR) is 70.5 cm³/mol. The maximum absolute atomic E-state index is 13.5. The number of anilines is 1. The molecule has 0 radical (unpaired) electrons. The second-order valence-electron chi connectivity index (χ2n) is 3.78. The molecule has 0 aliphatic heterocycles. The molecule has 1 aromatic carbocycles. The summed E-state index contributed by atoms with van der Waals surface area (Å²) in [5, 5.41) is 0.146. The molecule has 106 valence electrons. The molecule has 1 aromatic heterocycles. The average molecular weight is 298 g/mol. The van der Waals surface area contributed by atoms with Crippen LogP contribution in [0.1, 0.15) is 13.3 Å². The summed E-state index contributed by atoms with van der Waals surface area (Å²) < 4.78 is 31.9. The number of halogens is 2. The molecule has 0 fully saturated rings. The number of rotatable bonds is 5. The van der Waals surface area contributed by atoms with E-state index in [0.29, 0.717) is 6.61 Å². The van der Waals surface area contributed by atoms with Crippen molar-refractivity contribution in [2.75, 3.05) is 12.3 Å². The molecule has 8 heteroatoms. The summed E-state index contributed by atoms with van der Waals surface area (Å²) in [5.41, 5.74) is 5.53. The van der Waals surface area contributed by atoms with Crippen molar-refractivity contribution < 1.29 is 13.5 Å². The van der Waals surface area contributed by atoms with Gasteiger partial charge in [-0.15, -0.1) is 0 Å². The minimum absolute atomic E-state index is 0.0367. The highest BCUT2D eigenvalue weighted by Crippen LogP contribution is 2.28. The fourth-order valence-corrected chi connectivity index (χ4v) is 2.11. The molecule has 0 unspecified atom stereocenters. The Morgan fingerprint density at radius 3 is 2.80 bits per heavy atom. The topological polar surface area (TPSA) is 73.9 Å². The van der Waals surface area contributed by atoms with E-state index in [1.165, 1.54) is 0 Å². The van der Waals surface area contributed by atoms with E-state index < -0.39 is 11.6 Å². The van der Waals surface area contributed by atoms with Crippen molar-refractivity contribution in [3.05, 3.63) is 29.8 Å². The van der Waals surface area contributed by atoms with Crippen molar-refractivity contribution in [3.8, 4) is 6.01 Å². The number of nitrogens with two attached hydrogens (primary N) is 1. The summed E-state index contributed by atoms with van der Waals surface area (Å²) in [4.78, 5) is 11.7. The first kappa shape index (κ1) is 14.4. The van der Waals surface area contributed by atoms with Gasteiger partial charge in [0, 0.05) is 0 Å². The summed E-state index contributed by atoms with van der Waals surface area (Å²) in [6.07, 6.45) is 0.784. The Bertz CT molecular complexity index is 612. The Hall–Kier alpha value is -1.96. The van der Waals surface area contributed by atoms with Crippen LogP contribution in [0.15, 0.2) is 28.3 Å². The minimum Gasteiger partial charge on any atom is -0.463 e. The van der Waals surface area contributed by atoms with Gasteiger partial charge in [-0.05, 0) is 36.4 Å². The Balaban J connectivity index is 2.24. The summed E-state index contributed by atoms with van der Waals surface area (Å²) in [7, 11) is 0. The molecule has 0 bridgehead atoms. The van der Waals surface area contributed by atoms with Crippen LogP contribution in [0.25, 0.3) is 0 Å². The molecular formula is C12H12F2N4OS.